The number of furan rings is 3. The molecule has 0 spiro atoms. The van der Waals surface area contributed by atoms with Gasteiger partial charge >= 0.3 is 0 Å². The van der Waals surface area contributed by atoms with E-state index in [9.17, 15) is 0 Å². The first kappa shape index (κ1) is 28.4. The highest BCUT2D eigenvalue weighted by Gasteiger charge is 2.22. The Balaban J connectivity index is 1.18. The van der Waals surface area contributed by atoms with E-state index >= 15 is 0 Å². The predicted molar refractivity (Wildman–Crippen MR) is 213 cm³/mol. The van der Waals surface area contributed by atoms with E-state index in [2.05, 4.69) is 78.9 Å². The third kappa shape index (κ3) is 4.06. The van der Waals surface area contributed by atoms with Crippen LogP contribution in [0.4, 0.5) is 0 Å². The topological polar surface area (TPSA) is 78.1 Å². The quantitative estimate of drug-likeness (QED) is 0.173. The SMILES string of the molecule is c1ccc2c(c1)oc1cccc(-c3nc(-c4ccc5c6ccccc6c6c7ccccc7oc6c5c4)nc(-c4cccc5oc6ccccc6c45)n3)c12. The molecule has 0 saturated heterocycles. The smallest absolute Gasteiger partial charge is 0.164 e. The number of hydrogen-bond acceptors (Lipinski definition) is 6. The van der Waals surface area contributed by atoms with Crippen molar-refractivity contribution in [3.8, 4) is 34.2 Å². The maximum atomic E-state index is 6.64. The first-order valence-corrected chi connectivity index (χ1v) is 17.6. The second kappa shape index (κ2) is 10.6. The summed E-state index contributed by atoms with van der Waals surface area (Å²) < 4.78 is 19.2. The molecule has 0 radical (unpaired) electrons. The van der Waals surface area contributed by atoms with Crippen molar-refractivity contribution in [2.45, 2.75) is 0 Å². The van der Waals surface area contributed by atoms with Crippen molar-refractivity contribution in [1.82, 2.24) is 15.0 Å². The Labute approximate surface area is 300 Å². The lowest BCUT2D eigenvalue weighted by Gasteiger charge is -2.11. The largest absolute Gasteiger partial charge is 0.456 e. The molecule has 6 nitrogen and oxygen atoms in total. The number of fused-ring (bicyclic) bond motifs is 14. The van der Waals surface area contributed by atoms with Gasteiger partial charge in [-0.1, -0.05) is 115 Å². The summed E-state index contributed by atoms with van der Waals surface area (Å²) in [6.07, 6.45) is 0. The fourth-order valence-corrected chi connectivity index (χ4v) is 8.21. The van der Waals surface area contributed by atoms with Crippen LogP contribution < -0.4 is 0 Å². The molecule has 0 aliphatic carbocycles. The van der Waals surface area contributed by atoms with Crippen LogP contribution in [0.3, 0.4) is 0 Å². The second-order valence-corrected chi connectivity index (χ2v) is 13.5. The monoisotopic (exact) mass is 679 g/mol. The highest BCUT2D eigenvalue weighted by Crippen LogP contribution is 2.43. The summed E-state index contributed by atoms with van der Waals surface area (Å²) in [5, 5.41) is 10.6. The van der Waals surface area contributed by atoms with Gasteiger partial charge in [0.15, 0.2) is 17.5 Å². The van der Waals surface area contributed by atoms with Gasteiger partial charge in [0.05, 0.1) is 0 Å². The maximum Gasteiger partial charge on any atom is 0.164 e. The standard InChI is InChI=1S/C47H25N3O3/c1-2-12-29-27(11-1)28-24-23-26(25-35(28)44-43(29)32-15-5-8-20-38(32)53-44)45-48-46(33-16-9-21-39-41(33)30-13-3-6-18-36(30)51-39)50-47(49-45)34-17-10-22-40-42(34)31-14-4-7-19-37(31)52-40/h1-25H. The Hall–Kier alpha value is -7.31. The molecule has 4 aromatic heterocycles. The number of nitrogens with zero attached hydrogens (tertiary/aromatic N) is 3. The molecule has 4 heterocycles. The van der Waals surface area contributed by atoms with Gasteiger partial charge in [0.1, 0.15) is 33.5 Å². The van der Waals surface area contributed by atoms with Crippen molar-refractivity contribution in [3.05, 3.63) is 152 Å². The van der Waals surface area contributed by atoms with E-state index in [1.807, 2.05) is 72.8 Å². The maximum absolute atomic E-state index is 6.64. The molecule has 0 fully saturated rings. The summed E-state index contributed by atoms with van der Waals surface area (Å²) in [5.41, 5.74) is 7.48. The molecule has 12 rings (SSSR count). The van der Waals surface area contributed by atoms with Gasteiger partial charge in [0.2, 0.25) is 0 Å². The van der Waals surface area contributed by atoms with Gasteiger partial charge in [-0.3, -0.25) is 0 Å². The van der Waals surface area contributed by atoms with Crippen LogP contribution in [0.25, 0.3) is 122 Å². The van der Waals surface area contributed by atoms with Gasteiger partial charge < -0.3 is 13.3 Å². The molecule has 53 heavy (non-hydrogen) atoms. The molecular formula is C47H25N3O3. The molecule has 0 bridgehead atoms. The lowest BCUT2D eigenvalue weighted by Crippen LogP contribution is -2.01. The van der Waals surface area contributed by atoms with E-state index in [0.29, 0.717) is 17.5 Å². The zero-order chi connectivity index (χ0) is 34.6. The molecule has 0 unspecified atom stereocenters. The summed E-state index contributed by atoms with van der Waals surface area (Å²) in [5.74, 6) is 1.66. The van der Waals surface area contributed by atoms with E-state index < -0.39 is 0 Å². The average Bonchev–Trinajstić information content (AvgIpc) is 3.92. The molecule has 0 saturated carbocycles. The van der Waals surface area contributed by atoms with E-state index in [-0.39, 0.29) is 0 Å². The van der Waals surface area contributed by atoms with Crippen LogP contribution in [0.5, 0.6) is 0 Å². The van der Waals surface area contributed by atoms with Crippen LogP contribution in [-0.4, -0.2) is 15.0 Å². The van der Waals surface area contributed by atoms with Crippen molar-refractivity contribution in [3.63, 3.8) is 0 Å². The normalized spacial score (nSPS) is 12.2. The van der Waals surface area contributed by atoms with Crippen LogP contribution in [0, 0.1) is 0 Å². The lowest BCUT2D eigenvalue weighted by molar-refractivity contribution is 0.668. The van der Waals surface area contributed by atoms with E-state index in [4.69, 9.17) is 28.2 Å². The molecule has 0 aliphatic rings. The number of benzene rings is 8. The minimum absolute atomic E-state index is 0.555. The summed E-state index contributed by atoms with van der Waals surface area (Å²) in [6.45, 7) is 0. The molecule has 12 aromatic rings. The molecule has 8 aromatic carbocycles. The van der Waals surface area contributed by atoms with Crippen LogP contribution >= 0.6 is 0 Å². The highest BCUT2D eigenvalue weighted by atomic mass is 16.3. The fraction of sp³-hybridized carbons (Fsp3) is 0. The first-order valence-electron chi connectivity index (χ1n) is 17.6. The zero-order valence-corrected chi connectivity index (χ0v) is 28.0. The van der Waals surface area contributed by atoms with Gasteiger partial charge in [-0.25, -0.2) is 15.0 Å². The van der Waals surface area contributed by atoms with Gasteiger partial charge in [-0.05, 0) is 52.6 Å². The Morgan fingerprint density at radius 3 is 1.36 bits per heavy atom. The molecule has 0 aliphatic heterocycles. The van der Waals surface area contributed by atoms with E-state index in [1.165, 1.54) is 10.8 Å². The molecule has 246 valence electrons. The van der Waals surface area contributed by atoms with Crippen LogP contribution in [0.1, 0.15) is 0 Å². The van der Waals surface area contributed by atoms with E-state index in [0.717, 1.165) is 93.3 Å². The van der Waals surface area contributed by atoms with Crippen molar-refractivity contribution >= 4 is 87.4 Å². The van der Waals surface area contributed by atoms with Gasteiger partial charge in [-0.2, -0.15) is 0 Å². The highest BCUT2D eigenvalue weighted by molar-refractivity contribution is 6.30. The summed E-state index contributed by atoms with van der Waals surface area (Å²) in [7, 11) is 0. The Bertz CT molecular complexity index is 3350. The van der Waals surface area contributed by atoms with Gasteiger partial charge in [-0.15, -0.1) is 0 Å². The number of para-hydroxylation sites is 3. The fourth-order valence-electron chi connectivity index (χ4n) is 8.21. The minimum Gasteiger partial charge on any atom is -0.456 e. The number of rotatable bonds is 3. The molecule has 0 atom stereocenters. The zero-order valence-electron chi connectivity index (χ0n) is 28.0. The summed E-state index contributed by atoms with van der Waals surface area (Å²) in [6, 6.07) is 51.5. The predicted octanol–water partition coefficient (Wildman–Crippen LogP) is 12.9. The van der Waals surface area contributed by atoms with Crippen molar-refractivity contribution < 1.29 is 13.3 Å². The Morgan fingerprint density at radius 2 is 0.755 bits per heavy atom. The van der Waals surface area contributed by atoms with Crippen LogP contribution in [0.2, 0.25) is 0 Å². The van der Waals surface area contributed by atoms with Crippen molar-refractivity contribution in [2.24, 2.45) is 0 Å². The Kier molecular flexibility index (Phi) is 5.68. The van der Waals surface area contributed by atoms with Crippen molar-refractivity contribution in [2.75, 3.05) is 0 Å². The molecular weight excluding hydrogens is 655 g/mol. The second-order valence-electron chi connectivity index (χ2n) is 13.5. The summed E-state index contributed by atoms with van der Waals surface area (Å²) >= 11 is 0. The molecule has 0 N–H and O–H groups in total. The average molecular weight is 680 g/mol. The summed E-state index contributed by atoms with van der Waals surface area (Å²) in [4.78, 5) is 15.7. The number of aromatic nitrogens is 3. The van der Waals surface area contributed by atoms with Crippen molar-refractivity contribution in [1.29, 1.82) is 0 Å². The minimum atomic E-state index is 0.555. The van der Waals surface area contributed by atoms with E-state index in [1.54, 1.807) is 0 Å². The van der Waals surface area contributed by atoms with Crippen LogP contribution in [0.15, 0.2) is 165 Å². The Morgan fingerprint density at radius 1 is 0.302 bits per heavy atom. The third-order valence-corrected chi connectivity index (χ3v) is 10.5. The third-order valence-electron chi connectivity index (χ3n) is 10.5. The van der Waals surface area contributed by atoms with Gasteiger partial charge in [0, 0.05) is 54.4 Å². The lowest BCUT2D eigenvalue weighted by atomic mass is 9.95. The molecule has 0 amide bonds. The first-order chi connectivity index (χ1) is 26.3. The molecule has 6 heteroatoms. The van der Waals surface area contributed by atoms with Gasteiger partial charge in [0.25, 0.3) is 0 Å². The van der Waals surface area contributed by atoms with Crippen LogP contribution in [-0.2, 0) is 0 Å². The number of hydrogen-bond donors (Lipinski definition) is 0.